The lowest BCUT2D eigenvalue weighted by Gasteiger charge is -2.13. The zero-order chi connectivity index (χ0) is 14.3. The van der Waals surface area contributed by atoms with E-state index in [4.69, 9.17) is 5.73 Å². The van der Waals surface area contributed by atoms with Crippen LogP contribution in [0.1, 0.15) is 26.3 Å². The highest BCUT2D eigenvalue weighted by Crippen LogP contribution is 2.28. The smallest absolute Gasteiger partial charge is 0.263 e. The van der Waals surface area contributed by atoms with Crippen molar-refractivity contribution in [3.05, 3.63) is 63.6 Å². The number of imide groups is 1. The van der Waals surface area contributed by atoms with Crippen LogP contribution in [0.4, 0.5) is 5.69 Å². The Hall–Kier alpha value is -2.14. The lowest BCUT2D eigenvalue weighted by molar-refractivity contribution is 0.0642. The summed E-state index contributed by atoms with van der Waals surface area (Å²) < 4.78 is 0.952. The number of rotatable bonds is 2. The molecule has 0 spiro atoms. The maximum absolute atomic E-state index is 12.3. The van der Waals surface area contributed by atoms with Crippen molar-refractivity contribution in [3.8, 4) is 0 Å². The zero-order valence-corrected chi connectivity index (χ0v) is 12.1. The van der Waals surface area contributed by atoms with E-state index in [0.29, 0.717) is 16.8 Å². The minimum absolute atomic E-state index is 0.249. The molecule has 1 aliphatic heterocycles. The van der Waals surface area contributed by atoms with Crippen LogP contribution in [0.5, 0.6) is 0 Å². The second-order valence-electron chi connectivity index (χ2n) is 4.59. The molecule has 1 heterocycles. The zero-order valence-electron chi connectivity index (χ0n) is 10.5. The first-order chi connectivity index (χ1) is 9.58. The number of carbonyl (C=O) groups is 2. The van der Waals surface area contributed by atoms with Crippen LogP contribution in [0, 0.1) is 0 Å². The summed E-state index contributed by atoms with van der Waals surface area (Å²) in [6.45, 7) is 0.249. The lowest BCUT2D eigenvalue weighted by atomic mass is 10.1. The van der Waals surface area contributed by atoms with Gasteiger partial charge in [-0.1, -0.05) is 34.1 Å². The van der Waals surface area contributed by atoms with E-state index >= 15 is 0 Å². The largest absolute Gasteiger partial charge is 0.398 e. The molecule has 2 aromatic carbocycles. The molecule has 0 atom stereocenters. The number of hydrogen-bond donors (Lipinski definition) is 1. The van der Waals surface area contributed by atoms with E-state index in [-0.39, 0.29) is 18.4 Å². The molecule has 2 aromatic rings. The maximum Gasteiger partial charge on any atom is 0.263 e. The predicted octanol–water partition coefficient (Wildman–Crippen LogP) is 2.83. The van der Waals surface area contributed by atoms with E-state index < -0.39 is 0 Å². The van der Waals surface area contributed by atoms with E-state index in [0.717, 1.165) is 10.0 Å². The molecular weight excluding hydrogens is 320 g/mol. The van der Waals surface area contributed by atoms with Crippen molar-refractivity contribution in [1.82, 2.24) is 4.90 Å². The normalized spacial score (nSPS) is 13.8. The van der Waals surface area contributed by atoms with Crippen molar-refractivity contribution in [1.29, 1.82) is 0 Å². The summed E-state index contributed by atoms with van der Waals surface area (Å²) in [4.78, 5) is 25.8. The first kappa shape index (κ1) is 12.9. The number of nitrogens with zero attached hydrogens (tertiary/aromatic N) is 1. The van der Waals surface area contributed by atoms with Crippen molar-refractivity contribution >= 4 is 33.4 Å². The van der Waals surface area contributed by atoms with Crippen LogP contribution in [0.2, 0.25) is 0 Å². The van der Waals surface area contributed by atoms with Gasteiger partial charge in [-0.2, -0.15) is 0 Å². The molecule has 0 aliphatic carbocycles. The fraction of sp³-hybridized carbons (Fsp3) is 0.0667. The molecule has 2 N–H and O–H groups in total. The standard InChI is InChI=1S/C15H11BrN2O2/c16-10-6-4-9(5-7-10)8-18-14(19)11-2-1-3-12(17)13(11)15(18)20/h1-7H,8,17H2. The summed E-state index contributed by atoms with van der Waals surface area (Å²) in [5.74, 6) is -0.619. The molecule has 4 nitrogen and oxygen atoms in total. The summed E-state index contributed by atoms with van der Waals surface area (Å²) in [5.41, 5.74) is 7.73. The van der Waals surface area contributed by atoms with Gasteiger partial charge in [-0.3, -0.25) is 14.5 Å². The molecule has 3 rings (SSSR count). The molecule has 100 valence electrons. The highest BCUT2D eigenvalue weighted by atomic mass is 79.9. The second-order valence-corrected chi connectivity index (χ2v) is 5.51. The topological polar surface area (TPSA) is 63.4 Å². The van der Waals surface area contributed by atoms with E-state index in [1.165, 1.54) is 4.90 Å². The fourth-order valence-electron chi connectivity index (χ4n) is 2.28. The molecule has 5 heteroatoms. The van der Waals surface area contributed by atoms with Gasteiger partial charge >= 0.3 is 0 Å². The number of hydrogen-bond acceptors (Lipinski definition) is 3. The van der Waals surface area contributed by atoms with Crippen LogP contribution in [0.15, 0.2) is 46.9 Å². The van der Waals surface area contributed by atoms with Gasteiger partial charge in [-0.05, 0) is 29.8 Å². The summed E-state index contributed by atoms with van der Waals surface area (Å²) in [7, 11) is 0. The Balaban J connectivity index is 1.94. The monoisotopic (exact) mass is 330 g/mol. The molecule has 0 aromatic heterocycles. The number of anilines is 1. The molecule has 0 fully saturated rings. The molecule has 0 saturated carbocycles. The van der Waals surface area contributed by atoms with Gasteiger partial charge in [0.25, 0.3) is 11.8 Å². The Bertz CT molecular complexity index is 710. The number of benzene rings is 2. The highest BCUT2D eigenvalue weighted by Gasteiger charge is 2.36. The van der Waals surface area contributed by atoms with Crippen LogP contribution in [0.3, 0.4) is 0 Å². The average Bonchev–Trinajstić information content (AvgIpc) is 2.67. The number of halogens is 1. The molecule has 0 saturated heterocycles. The van der Waals surface area contributed by atoms with Crippen LogP contribution in [-0.4, -0.2) is 16.7 Å². The Kier molecular flexibility index (Phi) is 3.06. The lowest BCUT2D eigenvalue weighted by Crippen LogP contribution is -2.29. The molecule has 2 amide bonds. The Labute approximate surface area is 124 Å². The van der Waals surface area contributed by atoms with Gasteiger partial charge in [-0.25, -0.2) is 0 Å². The van der Waals surface area contributed by atoms with Gasteiger partial charge < -0.3 is 5.73 Å². The Morgan fingerprint density at radius 2 is 1.70 bits per heavy atom. The van der Waals surface area contributed by atoms with Gasteiger partial charge in [0.1, 0.15) is 0 Å². The minimum atomic E-state index is -0.328. The number of amides is 2. The maximum atomic E-state index is 12.3. The average molecular weight is 331 g/mol. The van der Waals surface area contributed by atoms with Crippen LogP contribution >= 0.6 is 15.9 Å². The summed E-state index contributed by atoms with van der Waals surface area (Å²) in [6, 6.07) is 12.4. The van der Waals surface area contributed by atoms with E-state index in [1.807, 2.05) is 24.3 Å². The van der Waals surface area contributed by atoms with E-state index in [2.05, 4.69) is 15.9 Å². The van der Waals surface area contributed by atoms with E-state index in [9.17, 15) is 9.59 Å². The fourth-order valence-corrected chi connectivity index (χ4v) is 2.54. The Morgan fingerprint density at radius 1 is 1.00 bits per heavy atom. The number of nitrogens with two attached hydrogens (primary N) is 1. The number of carbonyl (C=O) groups excluding carboxylic acids is 2. The summed E-state index contributed by atoms with van der Waals surface area (Å²) in [5, 5.41) is 0. The quantitative estimate of drug-likeness (QED) is 0.680. The molecule has 1 aliphatic rings. The molecule has 20 heavy (non-hydrogen) atoms. The first-order valence-corrected chi connectivity index (χ1v) is 6.86. The number of fused-ring (bicyclic) bond motifs is 1. The van der Waals surface area contributed by atoms with Crippen LogP contribution in [-0.2, 0) is 6.54 Å². The Morgan fingerprint density at radius 3 is 2.35 bits per heavy atom. The third-order valence-electron chi connectivity index (χ3n) is 3.29. The molecule has 0 radical (unpaired) electrons. The van der Waals surface area contributed by atoms with Gasteiger partial charge in [0.2, 0.25) is 0 Å². The van der Waals surface area contributed by atoms with Gasteiger partial charge in [0.05, 0.1) is 17.7 Å². The molecule has 0 unspecified atom stereocenters. The molecular formula is C15H11BrN2O2. The SMILES string of the molecule is Nc1cccc2c1C(=O)N(Cc1ccc(Br)cc1)C2=O. The van der Waals surface area contributed by atoms with Crippen LogP contribution in [0.25, 0.3) is 0 Å². The van der Waals surface area contributed by atoms with Crippen molar-refractivity contribution in [2.75, 3.05) is 5.73 Å². The van der Waals surface area contributed by atoms with Gasteiger partial charge in [0, 0.05) is 10.2 Å². The predicted molar refractivity (Wildman–Crippen MR) is 79.2 cm³/mol. The summed E-state index contributed by atoms with van der Waals surface area (Å²) in [6.07, 6.45) is 0. The van der Waals surface area contributed by atoms with Crippen LogP contribution < -0.4 is 5.73 Å². The van der Waals surface area contributed by atoms with Gasteiger partial charge in [0.15, 0.2) is 0 Å². The third kappa shape index (κ3) is 2.00. The van der Waals surface area contributed by atoms with Gasteiger partial charge in [-0.15, -0.1) is 0 Å². The van der Waals surface area contributed by atoms with E-state index in [1.54, 1.807) is 18.2 Å². The summed E-state index contributed by atoms with van der Waals surface area (Å²) >= 11 is 3.35. The highest BCUT2D eigenvalue weighted by molar-refractivity contribution is 9.10. The number of nitrogen functional groups attached to an aromatic ring is 1. The van der Waals surface area contributed by atoms with Crippen molar-refractivity contribution in [2.24, 2.45) is 0 Å². The van der Waals surface area contributed by atoms with Crippen molar-refractivity contribution < 1.29 is 9.59 Å². The third-order valence-corrected chi connectivity index (χ3v) is 3.81. The van der Waals surface area contributed by atoms with Crippen molar-refractivity contribution in [3.63, 3.8) is 0 Å². The first-order valence-electron chi connectivity index (χ1n) is 6.07. The van der Waals surface area contributed by atoms with Crippen molar-refractivity contribution in [2.45, 2.75) is 6.54 Å². The second kappa shape index (κ2) is 4.76. The molecule has 0 bridgehead atoms. The minimum Gasteiger partial charge on any atom is -0.398 e.